The molecule has 2 saturated carbocycles. The minimum absolute atomic E-state index is 0.194. The maximum atomic E-state index is 13.7. The number of hydrogen-bond acceptors (Lipinski definition) is 8. The minimum atomic E-state index is -0.749. The van der Waals surface area contributed by atoms with E-state index in [4.69, 9.17) is 18.9 Å². The average Bonchev–Trinajstić information content (AvgIpc) is 3.04. The molecule has 8 heteroatoms. The van der Waals surface area contributed by atoms with Crippen LogP contribution < -0.4 is 0 Å². The first-order chi connectivity index (χ1) is 23.4. The van der Waals surface area contributed by atoms with Gasteiger partial charge in [0, 0.05) is 23.7 Å². The molecule has 8 nitrogen and oxygen atoms in total. The predicted octanol–water partition coefficient (Wildman–Crippen LogP) is 6.79. The Bertz CT molecular complexity index is 1650. The number of carbonyl (C=O) groups is 4. The number of hydrogen-bond donors (Lipinski definition) is 0. The second-order valence-electron chi connectivity index (χ2n) is 12.8. The van der Waals surface area contributed by atoms with E-state index in [1.807, 2.05) is 72.8 Å². The van der Waals surface area contributed by atoms with Crippen LogP contribution in [0.3, 0.4) is 0 Å². The summed E-state index contributed by atoms with van der Waals surface area (Å²) in [5, 5.41) is 3.72. The highest BCUT2D eigenvalue weighted by atomic mass is 16.5. The summed E-state index contributed by atoms with van der Waals surface area (Å²) in [6.45, 7) is 7.84. The van der Waals surface area contributed by atoms with Crippen molar-refractivity contribution < 1.29 is 38.1 Å². The summed E-state index contributed by atoms with van der Waals surface area (Å²) in [7, 11) is 0. The molecule has 0 aliphatic heterocycles. The molecule has 3 aliphatic rings. The number of esters is 4. The highest BCUT2D eigenvalue weighted by Gasteiger charge is 2.62. The Morgan fingerprint density at radius 2 is 0.604 bits per heavy atom. The Labute approximate surface area is 279 Å². The average molecular weight is 649 g/mol. The van der Waals surface area contributed by atoms with E-state index in [9.17, 15) is 19.2 Å². The van der Waals surface area contributed by atoms with Gasteiger partial charge in [-0.2, -0.15) is 0 Å². The third-order valence-electron chi connectivity index (χ3n) is 10.7. The van der Waals surface area contributed by atoms with Crippen LogP contribution in [-0.2, 0) is 38.1 Å². The van der Waals surface area contributed by atoms with Gasteiger partial charge < -0.3 is 18.9 Å². The van der Waals surface area contributed by atoms with E-state index in [2.05, 4.69) is 0 Å². The van der Waals surface area contributed by atoms with Crippen molar-refractivity contribution in [2.24, 2.45) is 23.7 Å². The lowest BCUT2D eigenvalue weighted by molar-refractivity contribution is -0.171. The number of benzene rings is 4. The zero-order chi connectivity index (χ0) is 33.7. The number of fused-ring (bicyclic) bond motifs is 6. The molecule has 7 rings (SSSR count). The molecule has 0 spiro atoms. The highest BCUT2D eigenvalue weighted by molar-refractivity contribution is 5.98. The van der Waals surface area contributed by atoms with E-state index in [1.165, 1.54) is 0 Å². The third-order valence-corrected chi connectivity index (χ3v) is 10.7. The van der Waals surface area contributed by atoms with Gasteiger partial charge in [0.05, 0.1) is 50.1 Å². The molecular formula is C40H40O8. The first-order valence-electron chi connectivity index (χ1n) is 17.1. The monoisotopic (exact) mass is 648 g/mol. The Morgan fingerprint density at radius 1 is 0.396 bits per heavy atom. The van der Waals surface area contributed by atoms with Crippen molar-refractivity contribution in [3.05, 3.63) is 95.1 Å². The van der Waals surface area contributed by atoms with Crippen LogP contribution in [0.5, 0.6) is 0 Å². The molecule has 4 aromatic rings. The quantitative estimate of drug-likeness (QED) is 0.152. The standard InChI is InChI=1S/C40H40O8/c1-5-45-37(41)33-29-25-17-9-14-22-21(25)13-10-19-27(22)31-32(36(40(44)48-8-4)35(31)39(43)47-7-3)28-20-12-15-23-24(28)16-11-18-26(23)30(29)34(33)38(42)46-6-2/h9-20,29-36H,5-8H2,1-4H3. The SMILES string of the molecule is CCOC(=O)C1C(C(=O)OCC)C2c3cccc4c(cccc34)C3C(C(=O)OCC)C(C(=O)OCC)C3c3cccc4c(cccc34)C12. The topological polar surface area (TPSA) is 105 Å². The molecule has 0 aromatic heterocycles. The molecule has 0 radical (unpaired) electrons. The van der Waals surface area contributed by atoms with Crippen LogP contribution in [0, 0.1) is 23.7 Å². The van der Waals surface area contributed by atoms with Gasteiger partial charge in [0.25, 0.3) is 0 Å². The zero-order valence-corrected chi connectivity index (χ0v) is 27.6. The lowest BCUT2D eigenvalue weighted by atomic mass is 9.50. The predicted molar refractivity (Wildman–Crippen MR) is 179 cm³/mol. The van der Waals surface area contributed by atoms with Crippen LogP contribution in [0.4, 0.5) is 0 Å². The van der Waals surface area contributed by atoms with Crippen molar-refractivity contribution in [1.82, 2.24) is 0 Å². The van der Waals surface area contributed by atoms with Gasteiger partial charge in [-0.15, -0.1) is 0 Å². The summed E-state index contributed by atoms with van der Waals surface area (Å²) in [4.78, 5) is 55.0. The first-order valence-corrected chi connectivity index (χ1v) is 17.1. The molecule has 48 heavy (non-hydrogen) atoms. The van der Waals surface area contributed by atoms with Crippen LogP contribution in [0.2, 0.25) is 0 Å². The minimum Gasteiger partial charge on any atom is -0.466 e. The number of ether oxygens (including phenoxy) is 4. The van der Waals surface area contributed by atoms with Gasteiger partial charge >= 0.3 is 23.9 Å². The van der Waals surface area contributed by atoms with Crippen LogP contribution >= 0.6 is 0 Å². The van der Waals surface area contributed by atoms with E-state index in [0.29, 0.717) is 0 Å². The van der Waals surface area contributed by atoms with Gasteiger partial charge in [-0.25, -0.2) is 0 Å². The molecule has 8 unspecified atom stereocenters. The van der Waals surface area contributed by atoms with Gasteiger partial charge in [0.2, 0.25) is 0 Å². The van der Waals surface area contributed by atoms with Gasteiger partial charge in [-0.1, -0.05) is 72.8 Å². The number of rotatable bonds is 8. The largest absolute Gasteiger partial charge is 0.466 e. The van der Waals surface area contributed by atoms with Crippen molar-refractivity contribution in [2.45, 2.75) is 51.4 Å². The van der Waals surface area contributed by atoms with Crippen LogP contribution in [0.15, 0.2) is 72.8 Å². The Balaban J connectivity index is 1.55. The maximum Gasteiger partial charge on any atom is 0.310 e. The highest BCUT2D eigenvalue weighted by Crippen LogP contribution is 2.64. The molecule has 8 atom stereocenters. The fourth-order valence-corrected chi connectivity index (χ4v) is 9.05. The smallest absolute Gasteiger partial charge is 0.310 e. The Hall–Kier alpha value is -4.72. The van der Waals surface area contributed by atoms with E-state index in [-0.39, 0.29) is 50.1 Å². The molecule has 3 aliphatic carbocycles. The normalized spacial score (nSPS) is 26.6. The summed E-state index contributed by atoms with van der Waals surface area (Å²) in [5.74, 6) is -6.19. The van der Waals surface area contributed by atoms with E-state index >= 15 is 0 Å². The third kappa shape index (κ3) is 4.71. The lowest BCUT2D eigenvalue weighted by Crippen LogP contribution is -2.53. The molecular weight excluding hydrogens is 608 g/mol. The summed E-state index contributed by atoms with van der Waals surface area (Å²) in [6.07, 6.45) is 0. The van der Waals surface area contributed by atoms with E-state index in [0.717, 1.165) is 43.8 Å². The molecule has 0 heterocycles. The van der Waals surface area contributed by atoms with E-state index in [1.54, 1.807) is 27.7 Å². The fraction of sp³-hybridized carbons (Fsp3) is 0.400. The molecule has 4 aromatic carbocycles. The van der Waals surface area contributed by atoms with Crippen molar-refractivity contribution >= 4 is 45.4 Å². The van der Waals surface area contributed by atoms with Crippen LogP contribution in [-0.4, -0.2) is 50.3 Å². The van der Waals surface area contributed by atoms with E-state index < -0.39 is 47.5 Å². The van der Waals surface area contributed by atoms with Crippen LogP contribution in [0.25, 0.3) is 21.5 Å². The molecule has 248 valence electrons. The lowest BCUT2D eigenvalue weighted by Gasteiger charge is -2.52. The molecule has 0 saturated heterocycles. The van der Waals surface area contributed by atoms with Crippen LogP contribution in [0.1, 0.15) is 73.6 Å². The van der Waals surface area contributed by atoms with Crippen molar-refractivity contribution in [3.8, 4) is 0 Å². The first kappa shape index (κ1) is 31.9. The summed E-state index contributed by atoms with van der Waals surface area (Å²) >= 11 is 0. The van der Waals surface area contributed by atoms with Crippen molar-refractivity contribution in [3.63, 3.8) is 0 Å². The number of carbonyl (C=O) groups excluding carboxylic acids is 4. The summed E-state index contributed by atoms with van der Waals surface area (Å²) in [6, 6.07) is 24.1. The van der Waals surface area contributed by atoms with Gasteiger partial charge in [-0.05, 0) is 71.5 Å². The second-order valence-corrected chi connectivity index (χ2v) is 12.8. The van der Waals surface area contributed by atoms with Gasteiger partial charge in [-0.3, -0.25) is 19.2 Å². The Kier molecular flexibility index (Phi) is 8.44. The second kappa shape index (κ2) is 12.7. The van der Waals surface area contributed by atoms with Crippen molar-refractivity contribution in [1.29, 1.82) is 0 Å². The van der Waals surface area contributed by atoms with Crippen molar-refractivity contribution in [2.75, 3.05) is 26.4 Å². The summed E-state index contributed by atoms with van der Waals surface area (Å²) < 4.78 is 22.4. The molecule has 0 N–H and O–H groups in total. The Morgan fingerprint density at radius 3 is 0.792 bits per heavy atom. The molecule has 2 fully saturated rings. The van der Waals surface area contributed by atoms with Gasteiger partial charge in [0.15, 0.2) is 0 Å². The zero-order valence-electron chi connectivity index (χ0n) is 27.6. The maximum absolute atomic E-state index is 13.7. The fourth-order valence-electron chi connectivity index (χ4n) is 9.05. The molecule has 0 amide bonds. The van der Waals surface area contributed by atoms with Gasteiger partial charge in [0.1, 0.15) is 0 Å². The summed E-state index contributed by atoms with van der Waals surface area (Å²) in [5.41, 5.74) is 3.71. The molecule has 8 bridgehead atoms.